The molecule has 0 aliphatic rings. The summed E-state index contributed by atoms with van der Waals surface area (Å²) < 4.78 is 16.6. The van der Waals surface area contributed by atoms with Crippen molar-refractivity contribution >= 4 is 25.8 Å². The summed E-state index contributed by atoms with van der Waals surface area (Å²) in [5, 5.41) is 0. The summed E-state index contributed by atoms with van der Waals surface area (Å²) in [6.07, 6.45) is 12.4. The lowest BCUT2D eigenvalue weighted by Crippen LogP contribution is -2.49. The van der Waals surface area contributed by atoms with E-state index in [1.54, 1.807) is 0 Å². The second kappa shape index (κ2) is 28.7. The van der Waals surface area contributed by atoms with Gasteiger partial charge in [0, 0.05) is 19.6 Å². The van der Waals surface area contributed by atoms with Crippen molar-refractivity contribution < 1.29 is 28.6 Å². The molecule has 0 amide bonds. The molecule has 46 heavy (non-hydrogen) atoms. The highest BCUT2D eigenvalue weighted by Crippen LogP contribution is 2.53. The van der Waals surface area contributed by atoms with E-state index in [-0.39, 0.29) is 17.9 Å². The highest BCUT2D eigenvalue weighted by atomic mass is 31.1. The predicted molar refractivity (Wildman–Crippen MR) is 193 cm³/mol. The lowest BCUT2D eigenvalue weighted by Gasteiger charge is -2.41. The quantitative estimate of drug-likeness (QED) is 0.0464. The van der Waals surface area contributed by atoms with E-state index in [1.165, 1.54) is 21.3 Å². The molecular formula is C36H72N3O6P. The van der Waals surface area contributed by atoms with Crippen LogP contribution < -0.4 is 0 Å². The molecule has 0 aliphatic heterocycles. The van der Waals surface area contributed by atoms with Crippen LogP contribution in [0.3, 0.4) is 0 Å². The minimum atomic E-state index is -1.62. The Morgan fingerprint density at radius 1 is 0.435 bits per heavy atom. The Morgan fingerprint density at radius 2 is 0.630 bits per heavy atom. The number of unbranched alkanes of at least 4 members (excludes halogenated alkanes) is 6. The Morgan fingerprint density at radius 3 is 0.783 bits per heavy atom. The third-order valence-electron chi connectivity index (χ3n) is 8.76. The maximum Gasteiger partial charge on any atom is 0.314 e. The molecule has 0 aromatic heterocycles. The van der Waals surface area contributed by atoms with Crippen LogP contribution >= 0.6 is 7.92 Å². The van der Waals surface area contributed by atoms with Crippen LogP contribution in [0.5, 0.6) is 0 Å². The number of esters is 3. The monoisotopic (exact) mass is 674 g/mol. The van der Waals surface area contributed by atoms with Crippen LogP contribution in [0.2, 0.25) is 0 Å². The zero-order valence-corrected chi connectivity index (χ0v) is 32.2. The van der Waals surface area contributed by atoms with Gasteiger partial charge in [0.25, 0.3) is 0 Å². The maximum atomic E-state index is 14.0. The van der Waals surface area contributed by atoms with Gasteiger partial charge in [0.15, 0.2) is 0 Å². The lowest BCUT2D eigenvalue weighted by atomic mass is 10.2. The minimum absolute atomic E-state index is 0.353. The van der Waals surface area contributed by atoms with E-state index >= 15 is 0 Å². The molecule has 0 aliphatic carbocycles. The standard InChI is InChI=1S/C36H72N3O6P/c1-10-16-22-37(23-17-11-2)28-31(34(40)43-7)46(32(35(41)44-8)29-38(24-18-12-3)25-19-13-4)33(36(42)45-9)30-39(26-20-14-5)27-21-15-6/h31-33H,10-30H2,1-9H3. The third-order valence-corrected chi connectivity index (χ3v) is 12.0. The highest BCUT2D eigenvalue weighted by molar-refractivity contribution is 7.63. The van der Waals surface area contributed by atoms with Gasteiger partial charge < -0.3 is 28.9 Å². The fraction of sp³-hybridized carbons (Fsp3) is 0.917. The number of hydrogen-bond donors (Lipinski definition) is 0. The van der Waals surface area contributed by atoms with Gasteiger partial charge >= 0.3 is 17.9 Å². The highest BCUT2D eigenvalue weighted by Gasteiger charge is 2.48. The van der Waals surface area contributed by atoms with E-state index in [4.69, 9.17) is 14.2 Å². The first-order chi connectivity index (χ1) is 22.2. The van der Waals surface area contributed by atoms with Crippen LogP contribution in [0.15, 0.2) is 0 Å². The topological polar surface area (TPSA) is 88.6 Å². The lowest BCUT2D eigenvalue weighted by molar-refractivity contribution is -0.140. The first kappa shape index (κ1) is 44.7. The SMILES string of the molecule is CCCCN(CCCC)CC(C(=O)OC)P(C(CN(CCCC)CCCC)C(=O)OC)C(CN(CCCC)CCCC)C(=O)OC. The summed E-state index contributed by atoms with van der Waals surface area (Å²) >= 11 is 0. The molecule has 0 rings (SSSR count). The molecule has 0 saturated carbocycles. The maximum absolute atomic E-state index is 14.0. The number of rotatable bonds is 30. The van der Waals surface area contributed by atoms with Crippen LogP contribution in [0.25, 0.3) is 0 Å². The largest absolute Gasteiger partial charge is 0.468 e. The van der Waals surface area contributed by atoms with E-state index < -0.39 is 24.9 Å². The third kappa shape index (κ3) is 17.8. The van der Waals surface area contributed by atoms with E-state index in [0.29, 0.717) is 19.6 Å². The van der Waals surface area contributed by atoms with Crippen molar-refractivity contribution in [3.8, 4) is 0 Å². The van der Waals surface area contributed by atoms with Gasteiger partial charge in [-0.2, -0.15) is 0 Å². The summed E-state index contributed by atoms with van der Waals surface area (Å²) in [6.45, 7) is 19.5. The zero-order chi connectivity index (χ0) is 34.7. The van der Waals surface area contributed by atoms with Crippen LogP contribution in [0, 0.1) is 0 Å². The van der Waals surface area contributed by atoms with Gasteiger partial charge in [-0.05, 0) is 77.8 Å². The Hall–Kier alpha value is -1.28. The normalized spacial score (nSPS) is 14.3. The van der Waals surface area contributed by atoms with Gasteiger partial charge in [0.05, 0.1) is 38.3 Å². The van der Waals surface area contributed by atoms with Crippen LogP contribution in [-0.4, -0.2) is 130 Å². The summed E-state index contributed by atoms with van der Waals surface area (Å²) in [5.41, 5.74) is -1.92. The first-order valence-corrected chi connectivity index (χ1v) is 20.0. The molecule has 0 aromatic rings. The first-order valence-electron chi connectivity index (χ1n) is 18.4. The molecule has 3 atom stereocenters. The van der Waals surface area contributed by atoms with Gasteiger partial charge in [-0.3, -0.25) is 14.4 Å². The molecule has 0 fully saturated rings. The number of carbonyl (C=O) groups is 3. The number of nitrogens with zero attached hydrogens (tertiary/aromatic N) is 3. The number of hydrogen-bond acceptors (Lipinski definition) is 9. The number of methoxy groups -OCH3 is 3. The van der Waals surface area contributed by atoms with Crippen LogP contribution in [0.4, 0.5) is 0 Å². The summed E-state index contributed by atoms with van der Waals surface area (Å²) in [6, 6.07) is 0. The smallest absolute Gasteiger partial charge is 0.314 e. The second-order valence-electron chi connectivity index (χ2n) is 12.6. The molecule has 272 valence electrons. The molecular weight excluding hydrogens is 601 g/mol. The van der Waals surface area contributed by atoms with Crippen LogP contribution in [-0.2, 0) is 28.6 Å². The molecule has 0 bridgehead atoms. The molecule has 0 spiro atoms. The molecule has 3 unspecified atom stereocenters. The fourth-order valence-corrected chi connectivity index (χ4v) is 9.45. The van der Waals surface area contributed by atoms with E-state index in [1.807, 2.05) is 0 Å². The number of ether oxygens (including phenoxy) is 3. The van der Waals surface area contributed by atoms with Gasteiger partial charge in [-0.15, -0.1) is 0 Å². The summed E-state index contributed by atoms with van der Waals surface area (Å²) in [5.74, 6) is -1.06. The minimum Gasteiger partial charge on any atom is -0.468 e. The van der Waals surface area contributed by atoms with Crippen LogP contribution in [0.1, 0.15) is 119 Å². The average Bonchev–Trinajstić information content (AvgIpc) is 3.08. The van der Waals surface area contributed by atoms with Crippen molar-refractivity contribution in [1.29, 1.82) is 0 Å². The molecule has 0 radical (unpaired) electrons. The predicted octanol–water partition coefficient (Wildman–Crippen LogP) is 6.80. The van der Waals surface area contributed by atoms with Crippen molar-refractivity contribution in [3.05, 3.63) is 0 Å². The van der Waals surface area contributed by atoms with Crippen molar-refractivity contribution in [2.45, 2.75) is 136 Å². The fourth-order valence-electron chi connectivity index (χ4n) is 5.84. The summed E-state index contributed by atoms with van der Waals surface area (Å²) in [4.78, 5) is 48.9. The Balaban J connectivity index is 7.33. The number of carbonyl (C=O) groups excluding carboxylic acids is 3. The van der Waals surface area contributed by atoms with E-state index in [2.05, 4.69) is 56.2 Å². The Labute approximate surface area is 284 Å². The van der Waals surface area contributed by atoms with Gasteiger partial charge in [-0.1, -0.05) is 88.0 Å². The molecule has 0 N–H and O–H groups in total. The van der Waals surface area contributed by atoms with E-state index in [0.717, 1.165) is 116 Å². The molecule has 0 saturated heterocycles. The van der Waals surface area contributed by atoms with Gasteiger partial charge in [0.2, 0.25) is 0 Å². The van der Waals surface area contributed by atoms with Crippen molar-refractivity contribution in [2.24, 2.45) is 0 Å². The molecule has 10 heteroatoms. The summed E-state index contributed by atoms with van der Waals surface area (Å²) in [7, 11) is 2.65. The van der Waals surface area contributed by atoms with Gasteiger partial charge in [0.1, 0.15) is 0 Å². The Kier molecular flexibility index (Phi) is 27.9. The zero-order valence-electron chi connectivity index (χ0n) is 31.3. The van der Waals surface area contributed by atoms with Crippen molar-refractivity contribution in [1.82, 2.24) is 14.7 Å². The Bertz CT molecular complexity index is 665. The van der Waals surface area contributed by atoms with E-state index in [9.17, 15) is 14.4 Å². The molecule has 9 nitrogen and oxygen atoms in total. The van der Waals surface area contributed by atoms with Gasteiger partial charge in [-0.25, -0.2) is 0 Å². The second-order valence-corrected chi connectivity index (χ2v) is 15.4. The van der Waals surface area contributed by atoms with Crippen molar-refractivity contribution in [2.75, 3.05) is 80.2 Å². The average molecular weight is 674 g/mol. The van der Waals surface area contributed by atoms with Crippen molar-refractivity contribution in [3.63, 3.8) is 0 Å². The molecule has 0 heterocycles. The molecule has 0 aromatic carbocycles.